The number of nitrogens with zero attached hydrogens (tertiary/aromatic N) is 1. The molecule has 1 aliphatic carbocycles. The van der Waals surface area contributed by atoms with Gasteiger partial charge in [0.15, 0.2) is 0 Å². The Hall–Kier alpha value is -0.640. The van der Waals surface area contributed by atoms with Crippen molar-refractivity contribution in [3.63, 3.8) is 0 Å². The molecule has 4 heteroatoms. The molecule has 4 nitrogen and oxygen atoms in total. The lowest BCUT2D eigenvalue weighted by Gasteiger charge is -2.18. The molecule has 0 radical (unpaired) electrons. The molecule has 0 aromatic rings. The average Bonchev–Trinajstić information content (AvgIpc) is 2.50. The summed E-state index contributed by atoms with van der Waals surface area (Å²) in [6.07, 6.45) is 2.51. The summed E-state index contributed by atoms with van der Waals surface area (Å²) in [5.41, 5.74) is 0. The first-order chi connectivity index (χ1) is 5.66. The third kappa shape index (κ3) is 1.75. The molecule has 0 spiro atoms. The molecule has 1 fully saturated rings. The topological polar surface area (TPSA) is 63.4 Å². The van der Waals surface area contributed by atoms with Gasteiger partial charge in [-0.1, -0.05) is 6.92 Å². The van der Waals surface area contributed by atoms with Crippen molar-refractivity contribution in [3.8, 4) is 0 Å². The minimum atomic E-state index is -0.410. The van der Waals surface area contributed by atoms with Crippen LogP contribution in [0.2, 0.25) is 0 Å². The van der Waals surface area contributed by atoms with Crippen molar-refractivity contribution >= 4 is 0 Å². The lowest BCUT2D eigenvalue weighted by molar-refractivity contribution is -0.530. The average molecular weight is 173 g/mol. The fraction of sp³-hybridized carbons (Fsp3) is 1.00. The summed E-state index contributed by atoms with van der Waals surface area (Å²) < 4.78 is 0. The smallest absolute Gasteiger partial charge is 0.216 e. The Bertz CT molecular complexity index is 172. The van der Waals surface area contributed by atoms with Gasteiger partial charge in [-0.25, -0.2) is 0 Å². The van der Waals surface area contributed by atoms with Gasteiger partial charge >= 0.3 is 0 Å². The molecule has 1 N–H and O–H groups in total. The zero-order valence-corrected chi connectivity index (χ0v) is 7.27. The van der Waals surface area contributed by atoms with Crippen LogP contribution in [-0.2, 0) is 0 Å². The molecule has 1 aliphatic rings. The number of hydrogen-bond donors (Lipinski definition) is 1. The van der Waals surface area contributed by atoms with Crippen molar-refractivity contribution in [3.05, 3.63) is 10.1 Å². The summed E-state index contributed by atoms with van der Waals surface area (Å²) in [5, 5.41) is 19.4. The van der Waals surface area contributed by atoms with Gasteiger partial charge in [-0.15, -0.1) is 0 Å². The van der Waals surface area contributed by atoms with E-state index in [1.54, 1.807) is 0 Å². The highest BCUT2D eigenvalue weighted by Gasteiger charge is 2.39. The minimum Gasteiger partial charge on any atom is -0.396 e. The molecule has 1 rings (SSSR count). The maximum atomic E-state index is 10.6. The van der Waals surface area contributed by atoms with Gasteiger partial charge in [0.05, 0.1) is 0 Å². The quantitative estimate of drug-likeness (QED) is 0.512. The van der Waals surface area contributed by atoms with Crippen molar-refractivity contribution in [1.29, 1.82) is 0 Å². The van der Waals surface area contributed by atoms with Crippen LogP contribution in [0.3, 0.4) is 0 Å². The first kappa shape index (κ1) is 9.45. The molecule has 0 aromatic heterocycles. The Morgan fingerprint density at radius 2 is 2.33 bits per heavy atom. The van der Waals surface area contributed by atoms with Gasteiger partial charge in [0, 0.05) is 23.9 Å². The standard InChI is InChI=1S/C8H15NO3/c1-6(5-10)7-3-2-4-8(7)9(11)12/h6-8,10H,2-5H2,1H3/t6-,7+,8+/m1/s1. The third-order valence-electron chi connectivity index (χ3n) is 2.82. The zero-order chi connectivity index (χ0) is 9.14. The lowest BCUT2D eigenvalue weighted by atomic mass is 9.90. The van der Waals surface area contributed by atoms with Crippen LogP contribution in [0.5, 0.6) is 0 Å². The maximum absolute atomic E-state index is 10.6. The predicted octanol–water partition coefficient (Wildman–Crippen LogP) is 1.06. The number of hydrogen-bond acceptors (Lipinski definition) is 3. The molecular formula is C8H15NO3. The Morgan fingerprint density at radius 3 is 2.83 bits per heavy atom. The van der Waals surface area contributed by atoms with E-state index < -0.39 is 6.04 Å². The maximum Gasteiger partial charge on any atom is 0.216 e. The molecule has 0 unspecified atom stereocenters. The molecule has 1 saturated carbocycles. The fourth-order valence-electron chi connectivity index (χ4n) is 2.03. The molecule has 0 aliphatic heterocycles. The normalized spacial score (nSPS) is 31.8. The summed E-state index contributed by atoms with van der Waals surface area (Å²) in [4.78, 5) is 10.4. The van der Waals surface area contributed by atoms with Crippen LogP contribution < -0.4 is 0 Å². The monoisotopic (exact) mass is 173 g/mol. The van der Waals surface area contributed by atoms with Crippen molar-refractivity contribution in [2.24, 2.45) is 11.8 Å². The van der Waals surface area contributed by atoms with E-state index in [0.717, 1.165) is 12.8 Å². The van der Waals surface area contributed by atoms with Gasteiger partial charge < -0.3 is 5.11 Å². The molecule has 0 amide bonds. The summed E-state index contributed by atoms with van der Waals surface area (Å²) in [6.45, 7) is 1.95. The van der Waals surface area contributed by atoms with Gasteiger partial charge in [0.2, 0.25) is 6.04 Å². The third-order valence-corrected chi connectivity index (χ3v) is 2.82. The number of aliphatic hydroxyl groups excluding tert-OH is 1. The predicted molar refractivity (Wildman–Crippen MR) is 44.4 cm³/mol. The Kier molecular flexibility index (Phi) is 3.03. The zero-order valence-electron chi connectivity index (χ0n) is 7.27. The van der Waals surface area contributed by atoms with Crippen LogP contribution in [0, 0.1) is 22.0 Å². The van der Waals surface area contributed by atoms with Crippen LogP contribution in [0.4, 0.5) is 0 Å². The molecular weight excluding hydrogens is 158 g/mol. The van der Waals surface area contributed by atoms with Crippen LogP contribution in [0.1, 0.15) is 26.2 Å². The second-order valence-electron chi connectivity index (χ2n) is 3.61. The summed E-state index contributed by atoms with van der Waals surface area (Å²) in [7, 11) is 0. The van der Waals surface area contributed by atoms with Gasteiger partial charge in [0.1, 0.15) is 0 Å². The van der Waals surface area contributed by atoms with Gasteiger partial charge in [0.25, 0.3) is 0 Å². The highest BCUT2D eigenvalue weighted by molar-refractivity contribution is 4.80. The molecule has 70 valence electrons. The van der Waals surface area contributed by atoms with Crippen LogP contribution >= 0.6 is 0 Å². The lowest BCUT2D eigenvalue weighted by Crippen LogP contribution is -2.29. The summed E-state index contributed by atoms with van der Waals surface area (Å²) in [5.74, 6) is 0.160. The van der Waals surface area contributed by atoms with E-state index in [4.69, 9.17) is 5.11 Å². The summed E-state index contributed by atoms with van der Waals surface area (Å²) >= 11 is 0. The highest BCUT2D eigenvalue weighted by Crippen LogP contribution is 2.33. The molecule has 0 bridgehead atoms. The van der Waals surface area contributed by atoms with Gasteiger partial charge in [-0.2, -0.15) is 0 Å². The van der Waals surface area contributed by atoms with Crippen molar-refractivity contribution in [2.75, 3.05) is 6.61 Å². The van der Waals surface area contributed by atoms with Crippen molar-refractivity contribution < 1.29 is 10.0 Å². The van der Waals surface area contributed by atoms with E-state index in [9.17, 15) is 10.1 Å². The Morgan fingerprint density at radius 1 is 1.67 bits per heavy atom. The van der Waals surface area contributed by atoms with E-state index >= 15 is 0 Å². The van der Waals surface area contributed by atoms with E-state index in [0.29, 0.717) is 6.42 Å². The van der Waals surface area contributed by atoms with E-state index in [-0.39, 0.29) is 23.4 Å². The van der Waals surface area contributed by atoms with E-state index in [1.807, 2.05) is 6.92 Å². The van der Waals surface area contributed by atoms with E-state index in [1.165, 1.54) is 0 Å². The fourth-order valence-corrected chi connectivity index (χ4v) is 2.03. The number of rotatable bonds is 3. The van der Waals surface area contributed by atoms with Gasteiger partial charge in [-0.3, -0.25) is 10.1 Å². The summed E-state index contributed by atoms with van der Waals surface area (Å²) in [6, 6.07) is -0.410. The van der Waals surface area contributed by atoms with Crippen LogP contribution in [0.15, 0.2) is 0 Å². The molecule has 0 heterocycles. The second-order valence-corrected chi connectivity index (χ2v) is 3.61. The minimum absolute atomic E-state index is 0.0645. The highest BCUT2D eigenvalue weighted by atomic mass is 16.6. The van der Waals surface area contributed by atoms with Gasteiger partial charge in [-0.05, 0) is 18.8 Å². The number of aliphatic hydroxyl groups is 1. The first-order valence-corrected chi connectivity index (χ1v) is 4.41. The molecule has 0 aromatic carbocycles. The van der Waals surface area contributed by atoms with Crippen molar-refractivity contribution in [2.45, 2.75) is 32.2 Å². The number of nitro groups is 1. The first-order valence-electron chi connectivity index (χ1n) is 4.41. The Labute approximate surface area is 71.7 Å². The van der Waals surface area contributed by atoms with Crippen LogP contribution in [-0.4, -0.2) is 22.7 Å². The second kappa shape index (κ2) is 3.85. The largest absolute Gasteiger partial charge is 0.396 e. The van der Waals surface area contributed by atoms with Crippen LogP contribution in [0.25, 0.3) is 0 Å². The molecule has 3 atom stereocenters. The Balaban J connectivity index is 2.57. The molecule has 0 saturated heterocycles. The SMILES string of the molecule is C[C@H](CO)[C@@H]1CCC[C@@H]1[N+](=O)[O-]. The van der Waals surface area contributed by atoms with E-state index in [2.05, 4.69) is 0 Å². The van der Waals surface area contributed by atoms with Crippen molar-refractivity contribution in [1.82, 2.24) is 0 Å². The molecule has 12 heavy (non-hydrogen) atoms.